The summed E-state index contributed by atoms with van der Waals surface area (Å²) in [5.74, 6) is 3.90. The SMILES string of the molecule is C#CC[C@@H]1C=CC[C@@H](C[C@@H](C)CC(=C)CC(O)/C=C/C[C@H](OCc2ccc(OC)cc2)C(/C=C/[C@@H]2CC(C)=CCO2)O[Si](C)(C)C(C)(C)C)O1. The summed E-state index contributed by atoms with van der Waals surface area (Å²) in [7, 11) is -0.513. The number of benzene rings is 1. The highest BCUT2D eigenvalue weighted by molar-refractivity contribution is 6.74. The molecule has 0 aliphatic carbocycles. The highest BCUT2D eigenvalue weighted by Crippen LogP contribution is 2.38. The molecule has 3 rings (SSSR count). The lowest BCUT2D eigenvalue weighted by Gasteiger charge is -2.40. The lowest BCUT2D eigenvalue weighted by Crippen LogP contribution is -2.47. The van der Waals surface area contributed by atoms with E-state index in [4.69, 9.17) is 29.8 Å². The summed E-state index contributed by atoms with van der Waals surface area (Å²) in [6, 6.07) is 7.96. The van der Waals surface area contributed by atoms with Crippen LogP contribution in [-0.4, -0.2) is 63.8 Å². The fourth-order valence-electron chi connectivity index (χ4n) is 6.06. The van der Waals surface area contributed by atoms with Crippen molar-refractivity contribution >= 4 is 8.32 Å². The topological polar surface area (TPSA) is 66.4 Å². The van der Waals surface area contributed by atoms with Crippen LogP contribution in [0, 0.1) is 18.3 Å². The molecule has 0 fully saturated rings. The summed E-state index contributed by atoms with van der Waals surface area (Å²) in [6.07, 6.45) is 24.3. The van der Waals surface area contributed by atoms with Gasteiger partial charge in [-0.25, -0.2) is 0 Å². The zero-order chi connectivity index (χ0) is 36.7. The van der Waals surface area contributed by atoms with Gasteiger partial charge in [0.15, 0.2) is 8.32 Å². The van der Waals surface area contributed by atoms with Gasteiger partial charge < -0.3 is 28.5 Å². The summed E-state index contributed by atoms with van der Waals surface area (Å²) in [5.41, 5.74) is 3.42. The molecule has 0 amide bonds. The Morgan fingerprint density at radius 3 is 2.58 bits per heavy atom. The van der Waals surface area contributed by atoms with Gasteiger partial charge in [-0.3, -0.25) is 0 Å². The molecular formula is C43H64O6Si. The van der Waals surface area contributed by atoms with Crippen molar-refractivity contribution in [3.63, 3.8) is 0 Å². The van der Waals surface area contributed by atoms with Crippen LogP contribution in [0.5, 0.6) is 5.75 Å². The van der Waals surface area contributed by atoms with E-state index in [1.165, 1.54) is 5.57 Å². The summed E-state index contributed by atoms with van der Waals surface area (Å²) in [4.78, 5) is 0. The Hall–Kier alpha value is -2.70. The molecule has 276 valence electrons. The standard InChI is InChI=1S/C43H64O6Si/c1-11-14-38-16-13-17-40(48-38)30-34(4)27-33(3)28-36(44)15-12-18-41(47-31-35-19-21-37(45-8)22-20-35)42(49-50(9,10)43(5,6)7)24-23-39-29-32(2)25-26-46-39/h1,12-13,15-16,19-25,34,36,38-42,44H,3,14,17-18,26-31H2,2,4-10H3/b15-12+,24-23+/t34-,36?,38+,39+,40-,41-,42?/m0/s1. The van der Waals surface area contributed by atoms with Crippen molar-refractivity contribution in [3.05, 3.63) is 90.1 Å². The van der Waals surface area contributed by atoms with Crippen molar-refractivity contribution in [1.82, 2.24) is 0 Å². The maximum absolute atomic E-state index is 11.0. The number of terminal acetylenes is 1. The molecule has 2 heterocycles. The summed E-state index contributed by atoms with van der Waals surface area (Å²) in [5, 5.41) is 11.1. The third kappa shape index (κ3) is 14.5. The van der Waals surface area contributed by atoms with Crippen LogP contribution in [0.15, 0.2) is 84.5 Å². The first-order chi connectivity index (χ1) is 23.7. The number of rotatable bonds is 19. The molecule has 2 aliphatic rings. The molecule has 0 radical (unpaired) electrons. The van der Waals surface area contributed by atoms with Gasteiger partial charge >= 0.3 is 0 Å². The Morgan fingerprint density at radius 2 is 1.92 bits per heavy atom. The summed E-state index contributed by atoms with van der Waals surface area (Å²) >= 11 is 0. The van der Waals surface area contributed by atoms with Crippen LogP contribution < -0.4 is 4.74 Å². The van der Waals surface area contributed by atoms with E-state index in [1.54, 1.807) is 7.11 Å². The Morgan fingerprint density at radius 1 is 1.18 bits per heavy atom. The maximum Gasteiger partial charge on any atom is 0.193 e. The molecule has 0 saturated heterocycles. The van der Waals surface area contributed by atoms with E-state index in [0.717, 1.165) is 42.6 Å². The van der Waals surface area contributed by atoms with Gasteiger partial charge in [0.05, 0.1) is 56.9 Å². The van der Waals surface area contributed by atoms with Crippen LogP contribution in [0.25, 0.3) is 0 Å². The number of aliphatic hydroxyl groups excluding tert-OH is 1. The highest BCUT2D eigenvalue weighted by Gasteiger charge is 2.40. The van der Waals surface area contributed by atoms with E-state index in [9.17, 15) is 5.11 Å². The van der Waals surface area contributed by atoms with E-state index < -0.39 is 14.4 Å². The molecule has 1 N–H and O–H groups in total. The molecule has 2 unspecified atom stereocenters. The fourth-order valence-corrected chi connectivity index (χ4v) is 7.33. The van der Waals surface area contributed by atoms with E-state index in [-0.39, 0.29) is 35.6 Å². The predicted octanol–water partition coefficient (Wildman–Crippen LogP) is 9.67. The quantitative estimate of drug-likeness (QED) is 0.0879. The lowest BCUT2D eigenvalue weighted by molar-refractivity contribution is -0.0204. The highest BCUT2D eigenvalue weighted by atomic mass is 28.4. The van der Waals surface area contributed by atoms with Gasteiger partial charge in [-0.15, -0.1) is 12.3 Å². The van der Waals surface area contributed by atoms with Crippen molar-refractivity contribution in [2.75, 3.05) is 13.7 Å². The average molecular weight is 705 g/mol. The van der Waals surface area contributed by atoms with Crippen molar-refractivity contribution in [3.8, 4) is 18.1 Å². The monoisotopic (exact) mass is 704 g/mol. The van der Waals surface area contributed by atoms with Crippen molar-refractivity contribution in [1.29, 1.82) is 0 Å². The smallest absolute Gasteiger partial charge is 0.193 e. The second-order valence-corrected chi connectivity index (χ2v) is 20.4. The van der Waals surface area contributed by atoms with Gasteiger partial charge in [0.2, 0.25) is 0 Å². The van der Waals surface area contributed by atoms with E-state index in [2.05, 4.69) is 90.6 Å². The first kappa shape index (κ1) is 41.7. The van der Waals surface area contributed by atoms with Gasteiger partial charge in [0, 0.05) is 6.42 Å². The van der Waals surface area contributed by atoms with Gasteiger partial charge in [-0.1, -0.05) is 100 Å². The van der Waals surface area contributed by atoms with Gasteiger partial charge in [0.25, 0.3) is 0 Å². The third-order valence-electron chi connectivity index (χ3n) is 9.97. The first-order valence-electron chi connectivity index (χ1n) is 18.3. The second kappa shape index (κ2) is 20.4. The number of methoxy groups -OCH3 is 1. The minimum atomic E-state index is -2.18. The Bertz CT molecular complexity index is 1340. The molecule has 1 aromatic rings. The Kier molecular flexibility index (Phi) is 17.0. The summed E-state index contributed by atoms with van der Waals surface area (Å²) < 4.78 is 31.3. The molecule has 7 atom stereocenters. The number of ether oxygens (including phenoxy) is 4. The van der Waals surface area contributed by atoms with Crippen LogP contribution in [0.2, 0.25) is 18.1 Å². The molecule has 7 heteroatoms. The lowest BCUT2D eigenvalue weighted by atomic mass is 9.91. The van der Waals surface area contributed by atoms with Gasteiger partial charge in [0.1, 0.15) is 5.75 Å². The van der Waals surface area contributed by atoms with Crippen LogP contribution in [0.4, 0.5) is 0 Å². The van der Waals surface area contributed by atoms with E-state index in [0.29, 0.717) is 38.4 Å². The van der Waals surface area contributed by atoms with Gasteiger partial charge in [-0.2, -0.15) is 0 Å². The fraction of sp³-hybridized carbons (Fsp3) is 0.581. The molecule has 50 heavy (non-hydrogen) atoms. The second-order valence-electron chi connectivity index (χ2n) is 15.7. The van der Waals surface area contributed by atoms with Crippen LogP contribution in [-0.2, 0) is 25.2 Å². The molecule has 0 aromatic heterocycles. The number of hydrogen-bond acceptors (Lipinski definition) is 6. The van der Waals surface area contributed by atoms with Crippen LogP contribution >= 0.6 is 0 Å². The maximum atomic E-state index is 11.0. The minimum absolute atomic E-state index is 0.00374. The zero-order valence-electron chi connectivity index (χ0n) is 32.0. The predicted molar refractivity (Wildman–Crippen MR) is 209 cm³/mol. The average Bonchev–Trinajstić information content (AvgIpc) is 3.04. The Labute approximate surface area is 304 Å². The Balaban J connectivity index is 1.70. The molecule has 0 spiro atoms. The molecule has 2 aliphatic heterocycles. The van der Waals surface area contributed by atoms with Crippen LogP contribution in [0.1, 0.15) is 85.1 Å². The van der Waals surface area contributed by atoms with E-state index in [1.807, 2.05) is 36.4 Å². The molecule has 1 aromatic carbocycles. The minimum Gasteiger partial charge on any atom is -0.497 e. The normalized spacial score (nSPS) is 22.6. The molecule has 0 saturated carbocycles. The zero-order valence-corrected chi connectivity index (χ0v) is 33.0. The molecular weight excluding hydrogens is 641 g/mol. The molecule has 6 nitrogen and oxygen atoms in total. The number of hydrogen-bond donors (Lipinski definition) is 1. The van der Waals surface area contributed by atoms with Crippen molar-refractivity contribution in [2.45, 2.75) is 141 Å². The first-order valence-corrected chi connectivity index (χ1v) is 21.2. The van der Waals surface area contributed by atoms with Gasteiger partial charge in [-0.05, 0) is 87.2 Å². The summed E-state index contributed by atoms with van der Waals surface area (Å²) in [6.45, 7) is 21.0. The van der Waals surface area contributed by atoms with E-state index >= 15 is 0 Å². The third-order valence-corrected chi connectivity index (χ3v) is 14.4. The van der Waals surface area contributed by atoms with Crippen molar-refractivity contribution in [2.24, 2.45) is 5.92 Å². The number of aliphatic hydroxyl groups is 1. The molecule has 0 bridgehead atoms. The van der Waals surface area contributed by atoms with Crippen LogP contribution in [0.3, 0.4) is 0 Å². The largest absolute Gasteiger partial charge is 0.497 e. The van der Waals surface area contributed by atoms with Crippen molar-refractivity contribution < 1.29 is 28.5 Å².